The third kappa shape index (κ3) is 1.68. The number of nitrogens with two attached hydrogens (primary N) is 1. The van der Waals surface area contributed by atoms with Gasteiger partial charge in [0.05, 0.1) is 5.54 Å². The van der Waals surface area contributed by atoms with Gasteiger partial charge in [-0.2, -0.15) is 0 Å². The SMILES string of the molecule is NC1(C(=O)Cc2ccncc2)CCC1. The Bertz CT molecular complexity index is 330. The second-order valence-electron chi connectivity index (χ2n) is 3.97. The number of hydrogen-bond acceptors (Lipinski definition) is 3. The van der Waals surface area contributed by atoms with E-state index in [2.05, 4.69) is 4.98 Å². The molecular weight excluding hydrogens is 176 g/mol. The molecule has 0 bridgehead atoms. The Labute approximate surface area is 83.3 Å². The van der Waals surface area contributed by atoms with Crippen LogP contribution in [0.4, 0.5) is 0 Å². The maximum absolute atomic E-state index is 11.8. The van der Waals surface area contributed by atoms with E-state index in [1.165, 1.54) is 0 Å². The normalized spacial score (nSPS) is 18.6. The van der Waals surface area contributed by atoms with Gasteiger partial charge >= 0.3 is 0 Å². The summed E-state index contributed by atoms with van der Waals surface area (Å²) >= 11 is 0. The van der Waals surface area contributed by atoms with Gasteiger partial charge in [0.1, 0.15) is 0 Å². The summed E-state index contributed by atoms with van der Waals surface area (Å²) in [6, 6.07) is 3.72. The molecule has 74 valence electrons. The van der Waals surface area contributed by atoms with Gasteiger partial charge in [-0.05, 0) is 37.0 Å². The van der Waals surface area contributed by atoms with Gasteiger partial charge in [0, 0.05) is 18.8 Å². The van der Waals surface area contributed by atoms with Gasteiger partial charge in [-0.1, -0.05) is 0 Å². The first-order chi connectivity index (χ1) is 6.71. The smallest absolute Gasteiger partial charge is 0.156 e. The van der Waals surface area contributed by atoms with Crippen LogP contribution in [0.5, 0.6) is 0 Å². The van der Waals surface area contributed by atoms with Crippen LogP contribution in [0.2, 0.25) is 0 Å². The summed E-state index contributed by atoms with van der Waals surface area (Å²) in [5.41, 5.74) is 6.41. The average Bonchev–Trinajstić information content (AvgIpc) is 2.15. The number of nitrogens with zero attached hydrogens (tertiary/aromatic N) is 1. The van der Waals surface area contributed by atoms with Crippen LogP contribution in [0.25, 0.3) is 0 Å². The van der Waals surface area contributed by atoms with Crippen LogP contribution in [0, 0.1) is 0 Å². The Kier molecular flexibility index (Phi) is 2.33. The largest absolute Gasteiger partial charge is 0.319 e. The van der Waals surface area contributed by atoms with Crippen molar-refractivity contribution < 1.29 is 4.79 Å². The molecule has 1 aliphatic carbocycles. The topological polar surface area (TPSA) is 56.0 Å². The fourth-order valence-electron chi connectivity index (χ4n) is 1.70. The number of aromatic nitrogens is 1. The third-order valence-electron chi connectivity index (χ3n) is 2.92. The van der Waals surface area contributed by atoms with Crippen molar-refractivity contribution in [2.24, 2.45) is 5.73 Å². The molecule has 1 aromatic rings. The molecular formula is C11H14N2O. The quantitative estimate of drug-likeness (QED) is 0.775. The molecule has 1 fully saturated rings. The fourth-order valence-corrected chi connectivity index (χ4v) is 1.70. The molecule has 0 radical (unpaired) electrons. The van der Waals surface area contributed by atoms with Gasteiger partial charge in [0.25, 0.3) is 0 Å². The second kappa shape index (κ2) is 3.50. The molecule has 0 amide bonds. The van der Waals surface area contributed by atoms with Gasteiger partial charge < -0.3 is 5.73 Å². The fraction of sp³-hybridized carbons (Fsp3) is 0.455. The standard InChI is InChI=1S/C11H14N2O/c12-11(4-1-5-11)10(14)8-9-2-6-13-7-3-9/h2-3,6-7H,1,4-5,8,12H2. The van der Waals surface area contributed by atoms with Crippen molar-refractivity contribution >= 4 is 5.78 Å². The average molecular weight is 190 g/mol. The van der Waals surface area contributed by atoms with Crippen molar-refractivity contribution in [1.29, 1.82) is 0 Å². The molecule has 14 heavy (non-hydrogen) atoms. The van der Waals surface area contributed by atoms with E-state index in [-0.39, 0.29) is 5.78 Å². The minimum atomic E-state index is -0.525. The summed E-state index contributed by atoms with van der Waals surface area (Å²) in [5, 5.41) is 0. The number of hydrogen-bond donors (Lipinski definition) is 1. The van der Waals surface area contributed by atoms with Crippen molar-refractivity contribution in [3.63, 3.8) is 0 Å². The van der Waals surface area contributed by atoms with Crippen LogP contribution in [0.15, 0.2) is 24.5 Å². The zero-order chi connectivity index (χ0) is 10.0. The Hall–Kier alpha value is -1.22. The Morgan fingerprint density at radius 3 is 2.57 bits per heavy atom. The van der Waals surface area contributed by atoms with Crippen LogP contribution < -0.4 is 5.73 Å². The van der Waals surface area contributed by atoms with E-state index in [0.29, 0.717) is 6.42 Å². The number of ketones is 1. The summed E-state index contributed by atoms with van der Waals surface area (Å²) in [7, 11) is 0. The van der Waals surface area contributed by atoms with E-state index in [1.807, 2.05) is 12.1 Å². The zero-order valence-electron chi connectivity index (χ0n) is 8.07. The first kappa shape index (κ1) is 9.34. The molecule has 0 saturated heterocycles. The summed E-state index contributed by atoms with van der Waals surface area (Å²) in [6.07, 6.45) is 6.62. The molecule has 2 N–H and O–H groups in total. The molecule has 1 aromatic heterocycles. The molecule has 0 spiro atoms. The van der Waals surface area contributed by atoms with Crippen molar-refractivity contribution in [2.75, 3.05) is 0 Å². The monoisotopic (exact) mass is 190 g/mol. The number of carbonyl (C=O) groups excluding carboxylic acids is 1. The minimum Gasteiger partial charge on any atom is -0.319 e. The summed E-state index contributed by atoms with van der Waals surface area (Å²) in [5.74, 6) is 0.162. The van der Waals surface area contributed by atoms with E-state index in [9.17, 15) is 4.79 Å². The maximum atomic E-state index is 11.8. The van der Waals surface area contributed by atoms with Crippen molar-refractivity contribution in [2.45, 2.75) is 31.2 Å². The minimum absolute atomic E-state index is 0.162. The highest BCUT2D eigenvalue weighted by Crippen LogP contribution is 2.30. The molecule has 3 nitrogen and oxygen atoms in total. The van der Waals surface area contributed by atoms with Crippen LogP contribution >= 0.6 is 0 Å². The second-order valence-corrected chi connectivity index (χ2v) is 3.97. The Morgan fingerprint density at radius 1 is 1.43 bits per heavy atom. The number of rotatable bonds is 3. The zero-order valence-corrected chi connectivity index (χ0v) is 8.07. The van der Waals surface area contributed by atoms with Crippen molar-refractivity contribution in [3.8, 4) is 0 Å². The summed E-state index contributed by atoms with van der Waals surface area (Å²) in [6.45, 7) is 0. The third-order valence-corrected chi connectivity index (χ3v) is 2.92. The van der Waals surface area contributed by atoms with Crippen LogP contribution in [0.3, 0.4) is 0 Å². The molecule has 1 heterocycles. The van der Waals surface area contributed by atoms with Gasteiger partial charge in [-0.15, -0.1) is 0 Å². The highest BCUT2D eigenvalue weighted by atomic mass is 16.1. The lowest BCUT2D eigenvalue weighted by molar-refractivity contribution is -0.126. The van der Waals surface area contributed by atoms with Crippen LogP contribution in [0.1, 0.15) is 24.8 Å². The lowest BCUT2D eigenvalue weighted by Gasteiger charge is -2.36. The van der Waals surface area contributed by atoms with Crippen molar-refractivity contribution in [3.05, 3.63) is 30.1 Å². The first-order valence-electron chi connectivity index (χ1n) is 4.92. The van der Waals surface area contributed by atoms with E-state index >= 15 is 0 Å². The van der Waals surface area contributed by atoms with E-state index in [1.54, 1.807) is 12.4 Å². The van der Waals surface area contributed by atoms with Crippen LogP contribution in [-0.2, 0) is 11.2 Å². The summed E-state index contributed by atoms with van der Waals surface area (Å²) in [4.78, 5) is 15.7. The lowest BCUT2D eigenvalue weighted by Crippen LogP contribution is -2.54. The molecule has 0 aromatic carbocycles. The molecule has 1 saturated carbocycles. The van der Waals surface area contributed by atoms with Crippen LogP contribution in [-0.4, -0.2) is 16.3 Å². The van der Waals surface area contributed by atoms with Gasteiger partial charge in [0.2, 0.25) is 0 Å². The van der Waals surface area contributed by atoms with E-state index in [4.69, 9.17) is 5.73 Å². The highest BCUT2D eigenvalue weighted by Gasteiger charge is 2.39. The predicted molar refractivity (Wildman–Crippen MR) is 53.7 cm³/mol. The maximum Gasteiger partial charge on any atom is 0.156 e. The molecule has 0 atom stereocenters. The number of Topliss-reactive ketones (excluding diaryl/α,β-unsaturated/α-hetero) is 1. The number of pyridine rings is 1. The molecule has 0 aliphatic heterocycles. The Balaban J connectivity index is 2.02. The number of carbonyl (C=O) groups is 1. The van der Waals surface area contributed by atoms with Crippen molar-refractivity contribution in [1.82, 2.24) is 4.98 Å². The predicted octanol–water partition coefficient (Wildman–Crippen LogP) is 1.07. The Morgan fingerprint density at radius 2 is 2.07 bits per heavy atom. The van der Waals surface area contributed by atoms with E-state index in [0.717, 1.165) is 24.8 Å². The first-order valence-corrected chi connectivity index (χ1v) is 4.92. The molecule has 0 unspecified atom stereocenters. The molecule has 2 rings (SSSR count). The summed E-state index contributed by atoms with van der Waals surface area (Å²) < 4.78 is 0. The molecule has 3 heteroatoms. The highest BCUT2D eigenvalue weighted by molar-refractivity contribution is 5.90. The lowest BCUT2D eigenvalue weighted by atomic mass is 9.73. The van der Waals surface area contributed by atoms with Gasteiger partial charge in [0.15, 0.2) is 5.78 Å². The van der Waals surface area contributed by atoms with Gasteiger partial charge in [-0.25, -0.2) is 0 Å². The van der Waals surface area contributed by atoms with E-state index < -0.39 is 5.54 Å². The molecule has 1 aliphatic rings. The van der Waals surface area contributed by atoms with Gasteiger partial charge in [-0.3, -0.25) is 9.78 Å².